The van der Waals surface area contributed by atoms with E-state index in [4.69, 9.17) is 10.8 Å². The topological polar surface area (TPSA) is 16.4 Å². The third-order valence-electron chi connectivity index (χ3n) is 9.16. The number of hydrogen-bond donors (Lipinski definition) is 0. The van der Waals surface area contributed by atoms with Crippen molar-refractivity contribution < 1.29 is 4.42 Å². The average molecular weight is 626 g/mol. The molecule has 0 unspecified atom stereocenters. The normalized spacial score (nSPS) is 14.5. The molecule has 1 aliphatic carbocycles. The van der Waals surface area contributed by atoms with E-state index in [2.05, 4.69) is 167 Å². The van der Waals surface area contributed by atoms with Crippen molar-refractivity contribution in [2.45, 2.75) is 47.6 Å². The molecule has 1 heterocycles. The summed E-state index contributed by atoms with van der Waals surface area (Å²) < 4.78 is 6.92. The molecular weight excluding hydrogens is 583 g/mol. The molecule has 48 heavy (non-hydrogen) atoms. The van der Waals surface area contributed by atoms with Gasteiger partial charge in [0.15, 0.2) is 0 Å². The molecule has 0 amide bonds. The van der Waals surface area contributed by atoms with Crippen LogP contribution in [0.25, 0.3) is 39.8 Å². The molecule has 0 fully saturated rings. The zero-order chi connectivity index (χ0) is 33.7. The Morgan fingerprint density at radius 3 is 2.29 bits per heavy atom. The molecule has 2 heteroatoms. The van der Waals surface area contributed by atoms with Gasteiger partial charge in [-0.1, -0.05) is 130 Å². The van der Waals surface area contributed by atoms with Crippen LogP contribution < -0.4 is 4.90 Å². The molecule has 4 aromatic carbocycles. The van der Waals surface area contributed by atoms with Crippen molar-refractivity contribution in [3.8, 4) is 23.5 Å². The first-order chi connectivity index (χ1) is 23.4. The van der Waals surface area contributed by atoms with Crippen LogP contribution in [0, 0.1) is 17.8 Å². The van der Waals surface area contributed by atoms with Crippen LogP contribution in [0.5, 0.6) is 0 Å². The Bertz CT molecular complexity index is 2120. The van der Waals surface area contributed by atoms with Crippen LogP contribution in [0.4, 0.5) is 11.4 Å². The highest BCUT2D eigenvalue weighted by Crippen LogP contribution is 2.48. The van der Waals surface area contributed by atoms with Crippen molar-refractivity contribution in [2.24, 2.45) is 5.41 Å². The maximum absolute atomic E-state index is 6.92. The maximum atomic E-state index is 6.92. The van der Waals surface area contributed by atoms with Gasteiger partial charge in [0, 0.05) is 45.4 Å². The summed E-state index contributed by atoms with van der Waals surface area (Å²) in [5, 5.41) is 1.13. The van der Waals surface area contributed by atoms with Gasteiger partial charge in [-0.05, 0) is 84.5 Å². The van der Waals surface area contributed by atoms with Crippen LogP contribution in [0.1, 0.15) is 63.5 Å². The number of terminal acetylenes is 1. The lowest BCUT2D eigenvalue weighted by Crippen LogP contribution is -2.17. The predicted molar refractivity (Wildman–Crippen MR) is 207 cm³/mol. The summed E-state index contributed by atoms with van der Waals surface area (Å²) in [6.07, 6.45) is 21.4. The Kier molecular flexibility index (Phi) is 9.51. The van der Waals surface area contributed by atoms with E-state index in [1.807, 2.05) is 12.1 Å². The number of allylic oxidation sites excluding steroid dienone is 8. The van der Waals surface area contributed by atoms with Crippen molar-refractivity contribution in [3.63, 3.8) is 0 Å². The lowest BCUT2D eigenvalue weighted by atomic mass is 9.86. The van der Waals surface area contributed by atoms with Gasteiger partial charge in [0.1, 0.15) is 11.3 Å². The van der Waals surface area contributed by atoms with Crippen LogP contribution in [0.2, 0.25) is 0 Å². The number of furan rings is 1. The Labute approximate surface area is 286 Å². The molecule has 1 aliphatic rings. The van der Waals surface area contributed by atoms with Gasteiger partial charge in [-0.3, -0.25) is 0 Å². The largest absolute Gasteiger partial charge is 0.455 e. The van der Waals surface area contributed by atoms with Crippen LogP contribution in [0.3, 0.4) is 0 Å². The Morgan fingerprint density at radius 2 is 1.56 bits per heavy atom. The van der Waals surface area contributed by atoms with Gasteiger partial charge in [-0.2, -0.15) is 0 Å². The van der Waals surface area contributed by atoms with E-state index in [0.717, 1.165) is 56.8 Å². The first-order valence-corrected chi connectivity index (χ1v) is 16.8. The summed E-state index contributed by atoms with van der Waals surface area (Å²) in [7, 11) is 0. The molecule has 0 radical (unpaired) electrons. The second-order valence-electron chi connectivity index (χ2n) is 12.8. The van der Waals surface area contributed by atoms with E-state index in [0.29, 0.717) is 6.54 Å². The van der Waals surface area contributed by atoms with Gasteiger partial charge >= 0.3 is 0 Å². The van der Waals surface area contributed by atoms with Crippen molar-refractivity contribution in [2.75, 3.05) is 4.90 Å². The summed E-state index contributed by atoms with van der Waals surface area (Å²) in [5.74, 6) is 3.57. The summed E-state index contributed by atoms with van der Waals surface area (Å²) in [6, 6.07) is 34.3. The number of nitrogens with zero attached hydrogens (tertiary/aromatic N) is 1. The lowest BCUT2D eigenvalue weighted by Gasteiger charge is -2.26. The second kappa shape index (κ2) is 14.1. The van der Waals surface area contributed by atoms with Gasteiger partial charge in [-0.15, -0.1) is 6.42 Å². The highest BCUT2D eigenvalue weighted by molar-refractivity contribution is 6.02. The van der Waals surface area contributed by atoms with Gasteiger partial charge in [0.05, 0.1) is 0 Å². The fraction of sp³-hybridized carbons (Fsp3) is 0.174. The monoisotopic (exact) mass is 625 g/mol. The molecule has 1 aromatic heterocycles. The molecule has 0 N–H and O–H groups in total. The van der Waals surface area contributed by atoms with E-state index in [-0.39, 0.29) is 5.41 Å². The zero-order valence-electron chi connectivity index (χ0n) is 28.6. The van der Waals surface area contributed by atoms with Crippen LogP contribution >= 0.6 is 0 Å². The van der Waals surface area contributed by atoms with E-state index in [1.165, 1.54) is 22.3 Å². The Hall–Kier alpha value is -5.52. The predicted octanol–water partition coefficient (Wildman–Crippen LogP) is 12.8. The second-order valence-corrected chi connectivity index (χ2v) is 12.8. The molecule has 0 saturated carbocycles. The molecule has 5 aromatic rings. The minimum Gasteiger partial charge on any atom is -0.455 e. The van der Waals surface area contributed by atoms with E-state index >= 15 is 0 Å². The number of rotatable bonds is 10. The summed E-state index contributed by atoms with van der Waals surface area (Å²) in [4.78, 5) is 2.34. The highest BCUT2D eigenvalue weighted by atomic mass is 16.3. The standard InChI is InChI=1S/C46H43NO/c1-7-10-19-34-20-15-16-21-36(34)32-47(37-22-13-12-14-23-37)38-29-27-35(28-30-38)39-25-17-26-41-40(24-11-8-2)45(48-44(39)41)42-31-46(5,6)43(18-9-3)33(42)4/h1,9-31H,8,32H2,2-6H3/b18-9-,19-10-,24-11+. The molecule has 0 atom stereocenters. The number of benzene rings is 4. The minimum absolute atomic E-state index is 0.0714. The molecule has 2 nitrogen and oxygen atoms in total. The smallest absolute Gasteiger partial charge is 0.143 e. The fourth-order valence-electron chi connectivity index (χ4n) is 6.79. The van der Waals surface area contributed by atoms with Crippen LogP contribution in [-0.2, 0) is 6.54 Å². The number of para-hydroxylation sites is 2. The molecule has 0 bridgehead atoms. The summed E-state index contributed by atoms with van der Waals surface area (Å²) in [5.41, 5.74) is 12.5. The van der Waals surface area contributed by atoms with E-state index < -0.39 is 0 Å². The first-order valence-electron chi connectivity index (χ1n) is 16.8. The molecule has 0 saturated heterocycles. The van der Waals surface area contributed by atoms with Crippen molar-refractivity contribution in [3.05, 3.63) is 161 Å². The summed E-state index contributed by atoms with van der Waals surface area (Å²) >= 11 is 0. The van der Waals surface area contributed by atoms with E-state index in [1.54, 1.807) is 6.08 Å². The maximum Gasteiger partial charge on any atom is 0.143 e. The average Bonchev–Trinajstić information content (AvgIpc) is 3.59. The highest BCUT2D eigenvalue weighted by Gasteiger charge is 2.32. The zero-order valence-corrected chi connectivity index (χ0v) is 28.6. The Morgan fingerprint density at radius 1 is 0.833 bits per heavy atom. The minimum atomic E-state index is -0.0714. The SMILES string of the molecule is C#C/C=C\c1ccccc1CN(c1ccccc1)c1ccc(-c2cccc3c(/C=C/CC)c(C4=CC(C)(C)C(/C=C\C)=C4C)oc23)cc1. The molecule has 0 spiro atoms. The molecule has 0 aliphatic heterocycles. The molecule has 238 valence electrons. The van der Waals surface area contributed by atoms with Crippen LogP contribution in [-0.4, -0.2) is 0 Å². The third-order valence-corrected chi connectivity index (χ3v) is 9.16. The van der Waals surface area contributed by atoms with E-state index in [9.17, 15) is 0 Å². The van der Waals surface area contributed by atoms with Gasteiger partial charge in [0.25, 0.3) is 0 Å². The number of fused-ring (bicyclic) bond motifs is 1. The number of anilines is 2. The quantitative estimate of drug-likeness (QED) is 0.144. The van der Waals surface area contributed by atoms with Gasteiger partial charge < -0.3 is 9.32 Å². The van der Waals surface area contributed by atoms with Gasteiger partial charge in [-0.25, -0.2) is 0 Å². The summed E-state index contributed by atoms with van der Waals surface area (Å²) in [6.45, 7) is 11.7. The van der Waals surface area contributed by atoms with Crippen molar-refractivity contribution in [1.29, 1.82) is 0 Å². The Balaban J connectivity index is 1.43. The fourth-order valence-corrected chi connectivity index (χ4v) is 6.79. The van der Waals surface area contributed by atoms with Crippen LogP contribution in [0.15, 0.2) is 143 Å². The lowest BCUT2D eigenvalue weighted by molar-refractivity contribution is 0.593. The third kappa shape index (κ3) is 6.38. The number of hydrogen-bond acceptors (Lipinski definition) is 2. The first kappa shape index (κ1) is 32.4. The van der Waals surface area contributed by atoms with Crippen molar-refractivity contribution in [1.82, 2.24) is 0 Å². The molecule has 6 rings (SSSR count). The van der Waals surface area contributed by atoms with Crippen molar-refractivity contribution >= 4 is 40.1 Å². The molecular formula is C46H43NO. The van der Waals surface area contributed by atoms with Gasteiger partial charge in [0.2, 0.25) is 0 Å².